The quantitative estimate of drug-likeness (QED) is 0.475. The minimum atomic E-state index is -0.864. The smallest absolute Gasteiger partial charge is 0.0451 e. The molecule has 0 heterocycles. The summed E-state index contributed by atoms with van der Waals surface area (Å²) in [6.45, 7) is 0. The zero-order valence-corrected chi connectivity index (χ0v) is 5.62. The van der Waals surface area contributed by atoms with Crippen LogP contribution in [0.2, 0.25) is 0 Å². The molecule has 0 aliphatic heterocycles. The van der Waals surface area contributed by atoms with Crippen LogP contribution in [0.4, 0.5) is 0 Å². The molecular formula is C8H9O2-. The molecule has 1 fully saturated rings. The lowest BCUT2D eigenvalue weighted by atomic mass is 9.94. The largest absolute Gasteiger partial charge is 0.550 e. The number of aliphatic carboxylic acids is 1. The Balaban J connectivity index is 2.16. The Hall–Kier alpha value is -0.790. The van der Waals surface area contributed by atoms with E-state index in [1.807, 2.05) is 6.08 Å². The van der Waals surface area contributed by atoms with Gasteiger partial charge in [-0.05, 0) is 24.7 Å². The van der Waals surface area contributed by atoms with Gasteiger partial charge in [0.25, 0.3) is 0 Å². The van der Waals surface area contributed by atoms with Gasteiger partial charge in [-0.1, -0.05) is 12.2 Å². The standard InChI is InChI=1S/C8H10O2/c9-8(10)7-4-5-1-2-6(7)3-5/h1-2,5-7H,3-4H2,(H,9,10)/p-1. The molecule has 0 aromatic carbocycles. The van der Waals surface area contributed by atoms with Gasteiger partial charge in [0.15, 0.2) is 0 Å². The number of hydrogen-bond donors (Lipinski definition) is 0. The Bertz CT molecular complexity index is 195. The van der Waals surface area contributed by atoms with Gasteiger partial charge in [-0.15, -0.1) is 0 Å². The van der Waals surface area contributed by atoms with Crippen LogP contribution in [0.3, 0.4) is 0 Å². The van der Waals surface area contributed by atoms with Crippen LogP contribution in [0.5, 0.6) is 0 Å². The first-order chi connectivity index (χ1) is 4.77. The van der Waals surface area contributed by atoms with Crippen LogP contribution in [-0.4, -0.2) is 5.97 Å². The van der Waals surface area contributed by atoms with E-state index in [2.05, 4.69) is 6.08 Å². The average molecular weight is 137 g/mol. The third kappa shape index (κ3) is 0.681. The normalized spacial score (nSPS) is 42.6. The first-order valence-electron chi connectivity index (χ1n) is 3.66. The lowest BCUT2D eigenvalue weighted by Gasteiger charge is -2.18. The second-order valence-corrected chi connectivity index (χ2v) is 3.21. The molecule has 0 N–H and O–H groups in total. The van der Waals surface area contributed by atoms with Gasteiger partial charge >= 0.3 is 0 Å². The fraction of sp³-hybridized carbons (Fsp3) is 0.625. The predicted octanol–water partition coefficient (Wildman–Crippen LogP) is -0.0515. The van der Waals surface area contributed by atoms with Crippen LogP contribution >= 0.6 is 0 Å². The Morgan fingerprint density at radius 1 is 1.40 bits per heavy atom. The number of allylic oxidation sites excluding steroid dienone is 2. The summed E-state index contributed by atoms with van der Waals surface area (Å²) in [4.78, 5) is 10.4. The van der Waals surface area contributed by atoms with Crippen molar-refractivity contribution in [1.82, 2.24) is 0 Å². The second kappa shape index (κ2) is 1.84. The Morgan fingerprint density at radius 2 is 2.20 bits per heavy atom. The molecule has 2 bridgehead atoms. The molecule has 0 saturated heterocycles. The zero-order valence-electron chi connectivity index (χ0n) is 5.62. The lowest BCUT2D eigenvalue weighted by Crippen LogP contribution is -2.33. The van der Waals surface area contributed by atoms with Crippen molar-refractivity contribution in [1.29, 1.82) is 0 Å². The molecule has 2 heteroatoms. The highest BCUT2D eigenvalue weighted by atomic mass is 16.4. The highest BCUT2D eigenvalue weighted by Crippen LogP contribution is 2.42. The highest BCUT2D eigenvalue weighted by molar-refractivity contribution is 5.69. The minimum absolute atomic E-state index is 0.185. The molecule has 0 aromatic heterocycles. The van der Waals surface area contributed by atoms with Crippen molar-refractivity contribution in [2.75, 3.05) is 0 Å². The Kier molecular flexibility index (Phi) is 1.10. The van der Waals surface area contributed by atoms with Crippen molar-refractivity contribution in [2.24, 2.45) is 17.8 Å². The summed E-state index contributed by atoms with van der Waals surface area (Å²) < 4.78 is 0. The molecule has 1 saturated carbocycles. The summed E-state index contributed by atoms with van der Waals surface area (Å²) in [7, 11) is 0. The van der Waals surface area contributed by atoms with Crippen molar-refractivity contribution < 1.29 is 9.90 Å². The molecule has 0 amide bonds. The van der Waals surface area contributed by atoms with Gasteiger partial charge in [0, 0.05) is 11.9 Å². The maximum Gasteiger partial charge on any atom is 0.0451 e. The van der Waals surface area contributed by atoms with Crippen LogP contribution in [0, 0.1) is 17.8 Å². The molecule has 0 spiro atoms. The Morgan fingerprint density at radius 3 is 2.50 bits per heavy atom. The first kappa shape index (κ1) is 5.96. The van der Waals surface area contributed by atoms with Gasteiger partial charge < -0.3 is 9.90 Å². The summed E-state index contributed by atoms with van der Waals surface area (Å²) in [5.74, 6) is -0.227. The van der Waals surface area contributed by atoms with E-state index in [9.17, 15) is 9.90 Å². The van der Waals surface area contributed by atoms with E-state index >= 15 is 0 Å². The van der Waals surface area contributed by atoms with Crippen LogP contribution in [0.15, 0.2) is 12.2 Å². The van der Waals surface area contributed by atoms with Crippen LogP contribution in [0.25, 0.3) is 0 Å². The van der Waals surface area contributed by atoms with E-state index in [1.54, 1.807) is 0 Å². The molecule has 0 radical (unpaired) electrons. The summed E-state index contributed by atoms with van der Waals surface area (Å²) in [5, 5.41) is 10.4. The van der Waals surface area contributed by atoms with Crippen LogP contribution < -0.4 is 5.11 Å². The number of fused-ring (bicyclic) bond motifs is 2. The third-order valence-electron chi connectivity index (χ3n) is 2.58. The highest BCUT2D eigenvalue weighted by Gasteiger charge is 2.35. The Labute approximate surface area is 59.5 Å². The van der Waals surface area contributed by atoms with Gasteiger partial charge in [-0.25, -0.2) is 0 Å². The van der Waals surface area contributed by atoms with Gasteiger partial charge in [0.05, 0.1) is 0 Å². The molecule has 3 atom stereocenters. The first-order valence-corrected chi connectivity index (χ1v) is 3.66. The third-order valence-corrected chi connectivity index (χ3v) is 2.58. The number of rotatable bonds is 1. The van der Waals surface area contributed by atoms with Crippen LogP contribution in [0.1, 0.15) is 12.8 Å². The molecule has 54 valence electrons. The topological polar surface area (TPSA) is 40.1 Å². The van der Waals surface area contributed by atoms with E-state index in [1.165, 1.54) is 0 Å². The predicted molar refractivity (Wildman–Crippen MR) is 33.9 cm³/mol. The van der Waals surface area contributed by atoms with E-state index < -0.39 is 5.97 Å². The van der Waals surface area contributed by atoms with E-state index in [-0.39, 0.29) is 11.8 Å². The summed E-state index contributed by atoms with van der Waals surface area (Å²) in [6.07, 6.45) is 6.00. The molecular weight excluding hydrogens is 128 g/mol. The second-order valence-electron chi connectivity index (χ2n) is 3.21. The molecule has 3 unspecified atom stereocenters. The van der Waals surface area contributed by atoms with Crippen LogP contribution in [-0.2, 0) is 4.79 Å². The van der Waals surface area contributed by atoms with Crippen molar-refractivity contribution in [3.8, 4) is 0 Å². The SMILES string of the molecule is O=C([O-])C1CC2C=CC1C2. The lowest BCUT2D eigenvalue weighted by molar-refractivity contribution is -0.312. The van der Waals surface area contributed by atoms with Gasteiger partial charge in [0.1, 0.15) is 0 Å². The minimum Gasteiger partial charge on any atom is -0.550 e. The maximum atomic E-state index is 10.4. The molecule has 10 heavy (non-hydrogen) atoms. The fourth-order valence-electron chi connectivity index (χ4n) is 2.05. The van der Waals surface area contributed by atoms with E-state index in [0.717, 1.165) is 12.8 Å². The zero-order chi connectivity index (χ0) is 7.14. The van der Waals surface area contributed by atoms with Gasteiger partial charge in [-0.2, -0.15) is 0 Å². The number of carbonyl (C=O) groups is 1. The van der Waals surface area contributed by atoms with Gasteiger partial charge in [-0.3, -0.25) is 0 Å². The fourth-order valence-corrected chi connectivity index (χ4v) is 2.05. The monoisotopic (exact) mass is 137 g/mol. The number of carboxylic acids is 1. The molecule has 2 rings (SSSR count). The molecule has 0 aromatic rings. The van der Waals surface area contributed by atoms with Crippen molar-refractivity contribution in [3.63, 3.8) is 0 Å². The maximum absolute atomic E-state index is 10.4. The van der Waals surface area contributed by atoms with E-state index in [4.69, 9.17) is 0 Å². The number of carbonyl (C=O) groups excluding carboxylic acids is 1. The number of hydrogen-bond acceptors (Lipinski definition) is 2. The summed E-state index contributed by atoms with van der Waals surface area (Å²) in [5.41, 5.74) is 0. The van der Waals surface area contributed by atoms with Crippen molar-refractivity contribution in [3.05, 3.63) is 12.2 Å². The van der Waals surface area contributed by atoms with E-state index in [0.29, 0.717) is 5.92 Å². The number of carboxylic acid groups (broad SMARTS) is 1. The molecule has 2 aliphatic rings. The van der Waals surface area contributed by atoms with Gasteiger partial charge in [0.2, 0.25) is 0 Å². The summed E-state index contributed by atoms with van der Waals surface area (Å²) in [6, 6.07) is 0. The van der Waals surface area contributed by atoms with Crippen molar-refractivity contribution in [2.45, 2.75) is 12.8 Å². The summed E-state index contributed by atoms with van der Waals surface area (Å²) >= 11 is 0. The van der Waals surface area contributed by atoms with Crippen molar-refractivity contribution >= 4 is 5.97 Å². The average Bonchev–Trinajstić information content (AvgIpc) is 2.44. The molecule has 2 aliphatic carbocycles. The molecule has 2 nitrogen and oxygen atoms in total.